The van der Waals surface area contributed by atoms with Gasteiger partial charge in [-0.1, -0.05) is 0 Å². The first kappa shape index (κ1) is 19.2. The van der Waals surface area contributed by atoms with Crippen molar-refractivity contribution in [3.8, 4) is 11.5 Å². The summed E-state index contributed by atoms with van der Waals surface area (Å²) < 4.78 is 10.7. The van der Waals surface area contributed by atoms with Crippen molar-refractivity contribution in [2.45, 2.75) is 25.2 Å². The molecule has 7 heteroatoms. The first-order chi connectivity index (χ1) is 13.1. The molecule has 146 valence electrons. The number of nitrogens with one attached hydrogen (secondary N) is 2. The molecule has 27 heavy (non-hydrogen) atoms. The Hall–Kier alpha value is -2.54. The topological polar surface area (TPSA) is 71.5 Å². The zero-order chi connectivity index (χ0) is 19.2. The van der Waals surface area contributed by atoms with Crippen molar-refractivity contribution < 1.29 is 9.47 Å². The maximum atomic E-state index is 5.35. The molecular weight excluding hydrogens is 342 g/mol. The molecule has 0 radical (unpaired) electrons. The van der Waals surface area contributed by atoms with Gasteiger partial charge in [-0.25, -0.2) is 4.98 Å². The van der Waals surface area contributed by atoms with E-state index < -0.39 is 0 Å². The van der Waals surface area contributed by atoms with Gasteiger partial charge in [0.15, 0.2) is 0 Å². The molecule has 1 aromatic heterocycles. The van der Waals surface area contributed by atoms with Crippen LogP contribution in [0.5, 0.6) is 11.5 Å². The van der Waals surface area contributed by atoms with E-state index in [9.17, 15) is 0 Å². The van der Waals surface area contributed by atoms with Crippen molar-refractivity contribution in [2.75, 3.05) is 52.0 Å². The largest absolute Gasteiger partial charge is 0.497 e. The number of benzene rings is 1. The quantitative estimate of drug-likeness (QED) is 0.620. The minimum atomic E-state index is 0.552. The smallest absolute Gasteiger partial charge is 0.224 e. The van der Waals surface area contributed by atoms with Crippen LogP contribution in [0.15, 0.2) is 24.3 Å². The summed E-state index contributed by atoms with van der Waals surface area (Å²) in [5.41, 5.74) is 1.96. The first-order valence-electron chi connectivity index (χ1n) is 9.35. The van der Waals surface area contributed by atoms with Crippen LogP contribution in [0.25, 0.3) is 0 Å². The van der Waals surface area contributed by atoms with Gasteiger partial charge in [-0.05, 0) is 39.9 Å². The molecule has 7 nitrogen and oxygen atoms in total. The van der Waals surface area contributed by atoms with Gasteiger partial charge in [-0.15, -0.1) is 0 Å². The second-order valence-electron chi connectivity index (χ2n) is 7.09. The molecule has 0 spiro atoms. The highest BCUT2D eigenvalue weighted by Gasteiger charge is 2.26. The van der Waals surface area contributed by atoms with Gasteiger partial charge < -0.3 is 25.0 Å². The Labute approximate surface area is 161 Å². The standard InChI is InChI=1S/C20H29N5O2/c1-25(2)9-5-8-21-20-23-18(14-6-7-14)13-19(24-20)22-15-10-16(26-3)12-17(11-15)27-4/h10-14H,5-9H2,1-4H3,(H2,21,22,23,24). The average molecular weight is 371 g/mol. The molecule has 0 unspecified atom stereocenters. The predicted octanol–water partition coefficient (Wildman–Crippen LogP) is 3.48. The van der Waals surface area contributed by atoms with Crippen molar-refractivity contribution in [1.29, 1.82) is 0 Å². The number of nitrogens with zero attached hydrogens (tertiary/aromatic N) is 3. The summed E-state index contributed by atoms with van der Waals surface area (Å²) in [4.78, 5) is 11.5. The van der Waals surface area contributed by atoms with E-state index >= 15 is 0 Å². The molecule has 1 aliphatic rings. The molecule has 0 saturated heterocycles. The van der Waals surface area contributed by atoms with Crippen molar-refractivity contribution in [2.24, 2.45) is 0 Å². The second kappa shape index (κ2) is 8.90. The van der Waals surface area contributed by atoms with E-state index in [4.69, 9.17) is 14.5 Å². The first-order valence-corrected chi connectivity index (χ1v) is 9.35. The minimum Gasteiger partial charge on any atom is -0.497 e. The van der Waals surface area contributed by atoms with Crippen LogP contribution < -0.4 is 20.1 Å². The third-order valence-electron chi connectivity index (χ3n) is 4.43. The van der Waals surface area contributed by atoms with Gasteiger partial charge in [0.2, 0.25) is 5.95 Å². The molecule has 1 saturated carbocycles. The van der Waals surface area contributed by atoms with Gasteiger partial charge in [-0.3, -0.25) is 0 Å². The van der Waals surface area contributed by atoms with E-state index in [0.717, 1.165) is 48.2 Å². The second-order valence-corrected chi connectivity index (χ2v) is 7.09. The molecule has 2 aromatic rings. The summed E-state index contributed by atoms with van der Waals surface area (Å²) >= 11 is 0. The maximum absolute atomic E-state index is 5.35. The Kier molecular flexibility index (Phi) is 6.34. The number of rotatable bonds is 10. The van der Waals surface area contributed by atoms with Crippen LogP contribution in [0.2, 0.25) is 0 Å². The van der Waals surface area contributed by atoms with E-state index in [2.05, 4.69) is 34.6 Å². The number of anilines is 3. The Morgan fingerprint density at radius 3 is 2.33 bits per heavy atom. The number of aromatic nitrogens is 2. The lowest BCUT2D eigenvalue weighted by Crippen LogP contribution is -2.17. The average Bonchev–Trinajstić information content (AvgIpc) is 3.50. The molecular formula is C20H29N5O2. The molecule has 1 fully saturated rings. The fourth-order valence-electron chi connectivity index (χ4n) is 2.82. The molecule has 0 atom stereocenters. The van der Waals surface area contributed by atoms with Crippen LogP contribution in [0.1, 0.15) is 30.9 Å². The van der Waals surface area contributed by atoms with Crippen LogP contribution in [-0.2, 0) is 0 Å². The fraction of sp³-hybridized carbons (Fsp3) is 0.500. The molecule has 1 aromatic carbocycles. The molecule has 2 N–H and O–H groups in total. The highest BCUT2D eigenvalue weighted by atomic mass is 16.5. The summed E-state index contributed by atoms with van der Waals surface area (Å²) in [5.74, 6) is 3.47. The highest BCUT2D eigenvalue weighted by molar-refractivity contribution is 5.62. The monoisotopic (exact) mass is 371 g/mol. The maximum Gasteiger partial charge on any atom is 0.224 e. The number of methoxy groups -OCH3 is 2. The van der Waals surface area contributed by atoms with Gasteiger partial charge in [0.25, 0.3) is 0 Å². The Morgan fingerprint density at radius 1 is 1.04 bits per heavy atom. The van der Waals surface area contributed by atoms with E-state index in [-0.39, 0.29) is 0 Å². The Balaban J connectivity index is 1.76. The molecule has 3 rings (SSSR count). The van der Waals surface area contributed by atoms with E-state index in [0.29, 0.717) is 11.9 Å². The molecule has 1 heterocycles. The van der Waals surface area contributed by atoms with E-state index in [1.807, 2.05) is 24.3 Å². The van der Waals surface area contributed by atoms with Gasteiger partial charge in [0.05, 0.1) is 19.9 Å². The SMILES string of the molecule is COc1cc(Nc2cc(C3CC3)nc(NCCCN(C)C)n2)cc(OC)c1. The summed E-state index contributed by atoms with van der Waals surface area (Å²) in [6.45, 7) is 1.88. The van der Waals surface area contributed by atoms with Crippen LogP contribution >= 0.6 is 0 Å². The molecule has 0 bridgehead atoms. The van der Waals surface area contributed by atoms with Crippen molar-refractivity contribution >= 4 is 17.5 Å². The zero-order valence-corrected chi connectivity index (χ0v) is 16.6. The van der Waals surface area contributed by atoms with Crippen molar-refractivity contribution in [3.05, 3.63) is 30.0 Å². The van der Waals surface area contributed by atoms with Crippen LogP contribution in [0.4, 0.5) is 17.5 Å². The summed E-state index contributed by atoms with van der Waals surface area (Å²) in [7, 11) is 7.44. The number of hydrogen-bond donors (Lipinski definition) is 2. The lowest BCUT2D eigenvalue weighted by Gasteiger charge is -2.13. The summed E-state index contributed by atoms with van der Waals surface area (Å²) in [5, 5.41) is 6.72. The highest BCUT2D eigenvalue weighted by Crippen LogP contribution is 2.40. The van der Waals surface area contributed by atoms with E-state index in [1.54, 1.807) is 14.2 Å². The lowest BCUT2D eigenvalue weighted by molar-refractivity contribution is 0.395. The lowest BCUT2D eigenvalue weighted by atomic mass is 10.2. The van der Waals surface area contributed by atoms with Crippen molar-refractivity contribution in [3.63, 3.8) is 0 Å². The summed E-state index contributed by atoms with van der Waals surface area (Å²) in [6.07, 6.45) is 3.44. The number of ether oxygens (including phenoxy) is 2. The van der Waals surface area contributed by atoms with Crippen LogP contribution in [0.3, 0.4) is 0 Å². The third-order valence-corrected chi connectivity index (χ3v) is 4.43. The van der Waals surface area contributed by atoms with Crippen LogP contribution in [0, 0.1) is 0 Å². The van der Waals surface area contributed by atoms with Gasteiger partial charge in [0.1, 0.15) is 17.3 Å². The van der Waals surface area contributed by atoms with Gasteiger partial charge in [-0.2, -0.15) is 4.98 Å². The Bertz CT molecular complexity index is 740. The van der Waals surface area contributed by atoms with Gasteiger partial charge in [0, 0.05) is 42.4 Å². The zero-order valence-electron chi connectivity index (χ0n) is 16.6. The van der Waals surface area contributed by atoms with E-state index in [1.165, 1.54) is 12.8 Å². The fourth-order valence-corrected chi connectivity index (χ4v) is 2.82. The predicted molar refractivity (Wildman–Crippen MR) is 108 cm³/mol. The molecule has 0 amide bonds. The van der Waals surface area contributed by atoms with Gasteiger partial charge >= 0.3 is 0 Å². The number of hydrogen-bond acceptors (Lipinski definition) is 7. The normalized spacial score (nSPS) is 13.5. The summed E-state index contributed by atoms with van der Waals surface area (Å²) in [6, 6.07) is 7.73. The molecule has 1 aliphatic carbocycles. The Morgan fingerprint density at radius 2 is 1.74 bits per heavy atom. The third kappa shape index (κ3) is 5.72. The minimum absolute atomic E-state index is 0.552. The van der Waals surface area contributed by atoms with Crippen LogP contribution in [-0.4, -0.2) is 56.3 Å². The molecule has 0 aliphatic heterocycles. The van der Waals surface area contributed by atoms with Crippen molar-refractivity contribution in [1.82, 2.24) is 14.9 Å².